The molecule has 1 aliphatic rings. The molecule has 2 nitrogen and oxygen atoms in total. The lowest BCUT2D eigenvalue weighted by Crippen LogP contribution is -2.22. The van der Waals surface area contributed by atoms with Crippen LogP contribution in [0, 0.1) is 0 Å². The molecule has 1 atom stereocenters. The monoisotopic (exact) mass is 301 g/mol. The highest BCUT2D eigenvalue weighted by atomic mass is 79.9. The number of rotatable bonds is 1. The predicted octanol–water partition coefficient (Wildman–Crippen LogP) is 4.19. The zero-order chi connectivity index (χ0) is 12.5. The second-order valence-corrected chi connectivity index (χ2v) is 5.25. The van der Waals surface area contributed by atoms with Crippen LogP contribution in [-0.4, -0.2) is 5.78 Å². The molecule has 1 heterocycles. The lowest BCUT2D eigenvalue weighted by Gasteiger charge is -2.27. The number of hydrogen-bond donors (Lipinski definition) is 1. The Kier molecular flexibility index (Phi) is 2.92. The standard InChI is InChI=1S/C15H12BrNO/c16-12-7-3-1-5-10(12)14-9-15(18)11-6-2-4-8-13(11)17-14/h1-8,14,17H,9H2/t14-/m1/s1. The second-order valence-electron chi connectivity index (χ2n) is 4.39. The largest absolute Gasteiger partial charge is 0.377 e. The molecule has 0 spiro atoms. The van der Waals surface area contributed by atoms with E-state index in [2.05, 4.69) is 21.2 Å². The van der Waals surface area contributed by atoms with Crippen molar-refractivity contribution < 1.29 is 4.79 Å². The van der Waals surface area contributed by atoms with Crippen LogP contribution in [0.1, 0.15) is 28.4 Å². The summed E-state index contributed by atoms with van der Waals surface area (Å²) < 4.78 is 1.04. The SMILES string of the molecule is O=C1C[C@H](c2ccccc2Br)Nc2ccccc21. The van der Waals surface area contributed by atoms with E-state index in [-0.39, 0.29) is 11.8 Å². The molecular formula is C15H12BrNO. The number of ketones is 1. The molecule has 1 aliphatic heterocycles. The summed E-state index contributed by atoms with van der Waals surface area (Å²) in [5.41, 5.74) is 2.84. The first kappa shape index (κ1) is 11.5. The maximum absolute atomic E-state index is 12.1. The van der Waals surface area contributed by atoms with Crippen LogP contribution in [0.2, 0.25) is 0 Å². The maximum Gasteiger partial charge on any atom is 0.167 e. The van der Waals surface area contributed by atoms with Crippen molar-refractivity contribution in [3.63, 3.8) is 0 Å². The molecule has 0 radical (unpaired) electrons. The Labute approximate surface area is 114 Å². The first-order valence-corrected chi connectivity index (χ1v) is 6.68. The van der Waals surface area contributed by atoms with Crippen molar-refractivity contribution in [3.8, 4) is 0 Å². The molecule has 0 bridgehead atoms. The number of anilines is 1. The van der Waals surface area contributed by atoms with Crippen LogP contribution in [-0.2, 0) is 0 Å². The summed E-state index contributed by atoms with van der Waals surface area (Å²) in [6.45, 7) is 0. The van der Waals surface area contributed by atoms with Gasteiger partial charge in [0.25, 0.3) is 0 Å². The van der Waals surface area contributed by atoms with Crippen molar-refractivity contribution in [1.82, 2.24) is 0 Å². The van der Waals surface area contributed by atoms with E-state index < -0.39 is 0 Å². The Balaban J connectivity index is 2.00. The van der Waals surface area contributed by atoms with Gasteiger partial charge in [-0.3, -0.25) is 4.79 Å². The molecule has 2 aromatic carbocycles. The number of hydrogen-bond acceptors (Lipinski definition) is 2. The zero-order valence-corrected chi connectivity index (χ0v) is 11.3. The summed E-state index contributed by atoms with van der Waals surface area (Å²) in [7, 11) is 0. The normalized spacial score (nSPS) is 18.1. The predicted molar refractivity (Wildman–Crippen MR) is 75.9 cm³/mol. The van der Waals surface area contributed by atoms with Crippen molar-refractivity contribution >= 4 is 27.4 Å². The van der Waals surface area contributed by atoms with E-state index in [1.807, 2.05) is 48.5 Å². The van der Waals surface area contributed by atoms with Gasteiger partial charge in [0.2, 0.25) is 0 Å². The third kappa shape index (κ3) is 1.95. The molecule has 3 rings (SSSR count). The summed E-state index contributed by atoms with van der Waals surface area (Å²) >= 11 is 3.54. The average molecular weight is 302 g/mol. The smallest absolute Gasteiger partial charge is 0.167 e. The Morgan fingerprint density at radius 2 is 1.78 bits per heavy atom. The number of benzene rings is 2. The Morgan fingerprint density at radius 1 is 1.06 bits per heavy atom. The third-order valence-corrected chi connectivity index (χ3v) is 3.95. The quantitative estimate of drug-likeness (QED) is 0.856. The summed E-state index contributed by atoms with van der Waals surface area (Å²) in [6.07, 6.45) is 0.500. The molecule has 18 heavy (non-hydrogen) atoms. The van der Waals surface area contributed by atoms with Gasteiger partial charge in [-0.25, -0.2) is 0 Å². The molecule has 0 unspecified atom stereocenters. The van der Waals surface area contributed by atoms with Crippen molar-refractivity contribution in [2.75, 3.05) is 5.32 Å². The first-order valence-electron chi connectivity index (χ1n) is 5.89. The van der Waals surface area contributed by atoms with E-state index in [4.69, 9.17) is 0 Å². The zero-order valence-electron chi connectivity index (χ0n) is 9.69. The topological polar surface area (TPSA) is 29.1 Å². The molecule has 90 valence electrons. The molecule has 1 N–H and O–H groups in total. The van der Waals surface area contributed by atoms with E-state index in [0.29, 0.717) is 6.42 Å². The van der Waals surface area contributed by atoms with Crippen molar-refractivity contribution in [2.24, 2.45) is 0 Å². The molecule has 0 aliphatic carbocycles. The minimum atomic E-state index is 0.0444. The summed E-state index contributed by atoms with van der Waals surface area (Å²) in [5.74, 6) is 0.199. The summed E-state index contributed by atoms with van der Waals surface area (Å²) in [4.78, 5) is 12.1. The van der Waals surface area contributed by atoms with Crippen molar-refractivity contribution in [2.45, 2.75) is 12.5 Å². The summed E-state index contributed by atoms with van der Waals surface area (Å²) in [5, 5.41) is 3.43. The molecule has 0 saturated heterocycles. The van der Waals surface area contributed by atoms with E-state index in [1.165, 1.54) is 0 Å². The molecule has 2 aromatic rings. The van der Waals surface area contributed by atoms with E-state index in [1.54, 1.807) is 0 Å². The van der Waals surface area contributed by atoms with Crippen LogP contribution in [0.3, 0.4) is 0 Å². The fourth-order valence-corrected chi connectivity index (χ4v) is 2.89. The lowest BCUT2D eigenvalue weighted by atomic mass is 9.92. The number of fused-ring (bicyclic) bond motifs is 1. The number of carbonyl (C=O) groups is 1. The highest BCUT2D eigenvalue weighted by Crippen LogP contribution is 2.35. The van der Waals surface area contributed by atoms with Gasteiger partial charge in [0.05, 0.1) is 6.04 Å². The first-order chi connectivity index (χ1) is 8.75. The van der Waals surface area contributed by atoms with Crippen LogP contribution in [0.25, 0.3) is 0 Å². The van der Waals surface area contributed by atoms with Gasteiger partial charge in [0.15, 0.2) is 5.78 Å². The molecule has 0 amide bonds. The number of halogens is 1. The molecule has 0 aromatic heterocycles. The number of Topliss-reactive ketones (excluding diaryl/α,β-unsaturated/α-hetero) is 1. The van der Waals surface area contributed by atoms with E-state index in [9.17, 15) is 4.79 Å². The lowest BCUT2D eigenvalue weighted by molar-refractivity contribution is 0.0972. The third-order valence-electron chi connectivity index (χ3n) is 3.23. The van der Waals surface area contributed by atoms with Gasteiger partial charge in [-0.1, -0.05) is 46.3 Å². The van der Waals surface area contributed by atoms with Crippen molar-refractivity contribution in [3.05, 3.63) is 64.1 Å². The minimum Gasteiger partial charge on any atom is -0.377 e. The van der Waals surface area contributed by atoms with E-state index in [0.717, 1.165) is 21.3 Å². The van der Waals surface area contributed by atoms with Crippen LogP contribution in [0.5, 0.6) is 0 Å². The van der Waals surface area contributed by atoms with Gasteiger partial charge in [0.1, 0.15) is 0 Å². The van der Waals surface area contributed by atoms with Gasteiger partial charge < -0.3 is 5.32 Å². The molecular weight excluding hydrogens is 290 g/mol. The summed E-state index contributed by atoms with van der Waals surface area (Å²) in [6, 6.07) is 15.7. The van der Waals surface area contributed by atoms with Gasteiger partial charge in [-0.05, 0) is 23.8 Å². The van der Waals surface area contributed by atoms with Gasteiger partial charge in [-0.15, -0.1) is 0 Å². The average Bonchev–Trinajstić information content (AvgIpc) is 2.39. The number of para-hydroxylation sites is 1. The Hall–Kier alpha value is -1.61. The van der Waals surface area contributed by atoms with Crippen LogP contribution in [0.15, 0.2) is 53.0 Å². The van der Waals surface area contributed by atoms with Gasteiger partial charge in [0, 0.05) is 22.1 Å². The second kappa shape index (κ2) is 4.58. The highest BCUT2D eigenvalue weighted by molar-refractivity contribution is 9.10. The molecule has 3 heteroatoms. The van der Waals surface area contributed by atoms with Gasteiger partial charge in [-0.2, -0.15) is 0 Å². The van der Waals surface area contributed by atoms with Crippen LogP contribution < -0.4 is 5.32 Å². The minimum absolute atomic E-state index is 0.0444. The van der Waals surface area contributed by atoms with Crippen molar-refractivity contribution in [1.29, 1.82) is 0 Å². The van der Waals surface area contributed by atoms with Crippen LogP contribution >= 0.6 is 15.9 Å². The van der Waals surface area contributed by atoms with Gasteiger partial charge >= 0.3 is 0 Å². The fourth-order valence-electron chi connectivity index (χ4n) is 2.33. The highest BCUT2D eigenvalue weighted by Gasteiger charge is 2.25. The van der Waals surface area contributed by atoms with E-state index >= 15 is 0 Å². The molecule has 0 saturated carbocycles. The molecule has 0 fully saturated rings. The fraction of sp³-hybridized carbons (Fsp3) is 0.133. The maximum atomic E-state index is 12.1. The number of carbonyl (C=O) groups excluding carboxylic acids is 1. The Bertz CT molecular complexity index is 609. The van der Waals surface area contributed by atoms with Crippen LogP contribution in [0.4, 0.5) is 5.69 Å². The Morgan fingerprint density at radius 3 is 2.61 bits per heavy atom. The number of nitrogens with one attached hydrogen (secondary N) is 1.